The molecule has 12 nitrogen and oxygen atoms in total. The Bertz CT molecular complexity index is 1310. The van der Waals surface area contributed by atoms with Crippen molar-refractivity contribution in [2.75, 3.05) is 32.1 Å². The molecule has 0 spiro atoms. The maximum atomic E-state index is 12.8. The number of aromatic nitrogens is 1. The van der Waals surface area contributed by atoms with E-state index in [1.165, 1.54) is 163 Å². The Hall–Kier alpha value is 0.330. The fourth-order valence-electron chi connectivity index (χ4n) is 7.27. The van der Waals surface area contributed by atoms with Gasteiger partial charge < -0.3 is 38.6 Å². The van der Waals surface area contributed by atoms with E-state index in [4.69, 9.17) is 18.5 Å². The summed E-state index contributed by atoms with van der Waals surface area (Å²) in [7, 11) is -2.30. The first kappa shape index (κ1) is 68.4. The molecule has 0 radical (unpaired) electrons. The Morgan fingerprint density at radius 3 is 1.50 bits per heavy atom. The van der Waals surface area contributed by atoms with Gasteiger partial charge in [0, 0.05) is 31.3 Å². The van der Waals surface area contributed by atoms with E-state index in [1.807, 2.05) is 6.07 Å². The van der Waals surface area contributed by atoms with Gasteiger partial charge in [-0.25, -0.2) is 4.98 Å². The molecule has 1 heterocycles. The second-order valence-electron chi connectivity index (χ2n) is 17.1. The summed E-state index contributed by atoms with van der Waals surface area (Å²) in [5.74, 6) is -2.15. The van der Waals surface area contributed by atoms with Gasteiger partial charge in [0.25, 0.3) is 7.82 Å². The van der Waals surface area contributed by atoms with Crippen molar-refractivity contribution >= 4 is 47.3 Å². The molecular formula is C49H87N2Na2O10PS2. The Kier molecular flexibility index (Phi) is 52.1. The molecule has 1 rings (SSSR count). The van der Waals surface area contributed by atoms with Gasteiger partial charge in [0.05, 0.1) is 25.2 Å². The van der Waals surface area contributed by atoms with Gasteiger partial charge in [-0.05, 0) is 35.8 Å². The third-order valence-corrected chi connectivity index (χ3v) is 14.4. The van der Waals surface area contributed by atoms with Gasteiger partial charge in [0.15, 0.2) is 6.10 Å². The number of phosphoric acid groups is 1. The maximum Gasteiger partial charge on any atom is 1.00 e. The van der Waals surface area contributed by atoms with Crippen LogP contribution in [0, 0.1) is 0 Å². The van der Waals surface area contributed by atoms with Crippen LogP contribution in [-0.2, 0) is 37.5 Å². The van der Waals surface area contributed by atoms with Crippen molar-refractivity contribution in [1.82, 2.24) is 10.3 Å². The number of carboxylic acid groups (broad SMARTS) is 1. The first-order valence-electron chi connectivity index (χ1n) is 25.3. The second kappa shape index (κ2) is 50.3. The number of hydrogen-bond acceptors (Lipinski definition) is 14. The van der Waals surface area contributed by atoms with Crippen LogP contribution in [0.25, 0.3) is 0 Å². The molecule has 0 aliphatic carbocycles. The molecule has 1 aromatic heterocycles. The number of carbonyl (C=O) groups excluding carboxylic acids is 3. The van der Waals surface area contributed by atoms with E-state index in [2.05, 4.69) is 24.1 Å². The van der Waals surface area contributed by atoms with Gasteiger partial charge in [0.2, 0.25) is 0 Å². The minimum Gasteiger partial charge on any atom is -0.756 e. The van der Waals surface area contributed by atoms with Crippen molar-refractivity contribution < 1.29 is 107 Å². The summed E-state index contributed by atoms with van der Waals surface area (Å²) < 4.78 is 33.6. The summed E-state index contributed by atoms with van der Waals surface area (Å²) in [5.41, 5.74) is 0. The molecule has 0 amide bonds. The van der Waals surface area contributed by atoms with Crippen LogP contribution in [0.1, 0.15) is 219 Å². The van der Waals surface area contributed by atoms with E-state index in [-0.39, 0.29) is 90.9 Å². The summed E-state index contributed by atoms with van der Waals surface area (Å²) in [6.07, 6.45) is 37.4. The molecule has 3 atom stereocenters. The van der Waals surface area contributed by atoms with Gasteiger partial charge in [-0.2, -0.15) is 0 Å². The van der Waals surface area contributed by atoms with Crippen molar-refractivity contribution in [3.8, 4) is 0 Å². The molecule has 66 heavy (non-hydrogen) atoms. The van der Waals surface area contributed by atoms with E-state index in [0.29, 0.717) is 12.8 Å². The zero-order valence-electron chi connectivity index (χ0n) is 41.9. The predicted molar refractivity (Wildman–Crippen MR) is 259 cm³/mol. The molecule has 1 N–H and O–H groups in total. The largest absolute Gasteiger partial charge is 1.00 e. The van der Waals surface area contributed by atoms with Gasteiger partial charge in [-0.3, -0.25) is 14.2 Å². The first-order chi connectivity index (χ1) is 31.2. The average Bonchev–Trinajstić information content (AvgIpc) is 3.28. The average molecular weight is 1010 g/mol. The van der Waals surface area contributed by atoms with Crippen LogP contribution < -0.4 is 74.4 Å². The molecule has 0 fully saturated rings. The minimum absolute atomic E-state index is 0. The van der Waals surface area contributed by atoms with Gasteiger partial charge >= 0.3 is 71.1 Å². The molecule has 3 unspecified atom stereocenters. The molecule has 17 heteroatoms. The van der Waals surface area contributed by atoms with Crippen LogP contribution in [-0.4, -0.2) is 67.2 Å². The number of unbranched alkanes of at least 4 members (excludes halogenated alkanes) is 28. The number of esters is 2. The van der Waals surface area contributed by atoms with Crippen molar-refractivity contribution in [3.63, 3.8) is 0 Å². The molecule has 0 bridgehead atoms. The Labute approximate surface area is 453 Å². The third kappa shape index (κ3) is 45.5. The fourth-order valence-corrected chi connectivity index (χ4v) is 10.1. The number of rotatable bonds is 48. The number of aliphatic carboxylic acids is 1. The predicted octanol–water partition coefficient (Wildman–Crippen LogP) is 6.02. The summed E-state index contributed by atoms with van der Waals surface area (Å²) in [6, 6.07) is 4.35. The topological polar surface area (TPSA) is 176 Å². The minimum atomic E-state index is -4.88. The molecule has 0 aliphatic rings. The van der Waals surface area contributed by atoms with Crippen molar-refractivity contribution in [2.45, 2.75) is 236 Å². The fraction of sp³-hybridized carbons (Fsp3) is 0.837. The Balaban J connectivity index is 0. The van der Waals surface area contributed by atoms with Crippen LogP contribution in [0.5, 0.6) is 0 Å². The van der Waals surface area contributed by atoms with Crippen LogP contribution in [0.15, 0.2) is 29.4 Å². The SMILES string of the molecule is CCCCCCCCCCCCCCCCCC(=O)OCC(COP(=O)([O-])OCCNC(CSSc1ccccn1)C(=O)[O-])OC(=O)CCCCCCCCCCCCCCCCC.[Na+].[Na+]. The van der Waals surface area contributed by atoms with E-state index >= 15 is 0 Å². The summed E-state index contributed by atoms with van der Waals surface area (Å²) >= 11 is 0. The molecule has 372 valence electrons. The van der Waals surface area contributed by atoms with Gasteiger partial charge in [-0.15, -0.1) is 0 Å². The molecule has 0 aromatic carbocycles. The van der Waals surface area contributed by atoms with E-state index in [1.54, 1.807) is 18.3 Å². The van der Waals surface area contributed by atoms with Crippen LogP contribution in [0.3, 0.4) is 0 Å². The van der Waals surface area contributed by atoms with Crippen LogP contribution in [0.2, 0.25) is 0 Å². The molecule has 0 saturated heterocycles. The number of carbonyl (C=O) groups is 3. The van der Waals surface area contributed by atoms with Crippen molar-refractivity contribution in [1.29, 1.82) is 0 Å². The maximum absolute atomic E-state index is 12.8. The monoisotopic (exact) mass is 1000 g/mol. The zero-order valence-corrected chi connectivity index (χ0v) is 48.4. The summed E-state index contributed by atoms with van der Waals surface area (Å²) in [5, 5.41) is 15.1. The van der Waals surface area contributed by atoms with Gasteiger partial charge in [0.1, 0.15) is 11.6 Å². The third-order valence-electron chi connectivity index (χ3n) is 11.2. The summed E-state index contributed by atoms with van der Waals surface area (Å²) in [4.78, 5) is 53.8. The number of pyridine rings is 1. The second-order valence-corrected chi connectivity index (χ2v) is 20.9. The van der Waals surface area contributed by atoms with E-state index < -0.39 is 51.1 Å². The zero-order chi connectivity index (χ0) is 46.6. The van der Waals surface area contributed by atoms with Crippen LogP contribution in [0.4, 0.5) is 0 Å². The van der Waals surface area contributed by atoms with Gasteiger partial charge in [-0.1, -0.05) is 210 Å². The molecular weight excluding hydrogens is 918 g/mol. The number of nitrogens with one attached hydrogen (secondary N) is 1. The Morgan fingerprint density at radius 2 is 1.08 bits per heavy atom. The molecule has 0 saturated carbocycles. The molecule has 0 aliphatic heterocycles. The normalized spacial score (nSPS) is 13.0. The van der Waals surface area contributed by atoms with E-state index in [9.17, 15) is 28.9 Å². The number of nitrogens with zero attached hydrogens (tertiary/aromatic N) is 1. The van der Waals surface area contributed by atoms with Crippen molar-refractivity contribution in [2.24, 2.45) is 0 Å². The van der Waals surface area contributed by atoms with Crippen LogP contribution >= 0.6 is 29.4 Å². The van der Waals surface area contributed by atoms with Crippen molar-refractivity contribution in [3.05, 3.63) is 24.4 Å². The number of ether oxygens (including phenoxy) is 2. The number of hydrogen-bond donors (Lipinski definition) is 1. The quantitative estimate of drug-likeness (QED) is 0.0264. The number of phosphoric ester groups is 1. The summed E-state index contributed by atoms with van der Waals surface area (Å²) in [6.45, 7) is 3.05. The molecule has 1 aromatic rings. The smallest absolute Gasteiger partial charge is 0.756 e. The number of carboxylic acids is 1. The van der Waals surface area contributed by atoms with E-state index in [0.717, 1.165) is 43.6 Å². The standard InChI is InChI=1S/C49H89N2O10PS2.2Na/c1-3-5-7-9-11-13-15-17-19-21-23-25-27-29-31-36-47(52)58-41-44(61-48(53)37-32-30-28-26-24-22-20-18-16-14-12-10-8-6-4-2)42-60-62(56,57)59-40-39-50-45(49(54)55)43-63-64-46-35-33-34-38-51-46;;/h33-35,38,44-45,50H,3-32,36-37,39-43H2,1-2H3,(H,54,55)(H,56,57);;/q;2*+1/p-2. The first-order valence-corrected chi connectivity index (χ1v) is 29.0. The Morgan fingerprint density at radius 1 is 0.636 bits per heavy atom.